The molecule has 0 radical (unpaired) electrons. The van der Waals surface area contributed by atoms with Crippen LogP contribution in [0.1, 0.15) is 33.7 Å². The Balaban J connectivity index is 2.20. The van der Waals surface area contributed by atoms with Crippen molar-refractivity contribution < 1.29 is 14.7 Å². The third kappa shape index (κ3) is 4.40. The molecule has 2 aromatic rings. The van der Waals surface area contributed by atoms with Gasteiger partial charge in [-0.2, -0.15) is 4.80 Å². The molecule has 0 aliphatic rings. The van der Waals surface area contributed by atoms with Crippen molar-refractivity contribution in [3.05, 3.63) is 30.3 Å². The van der Waals surface area contributed by atoms with Crippen molar-refractivity contribution in [1.29, 1.82) is 0 Å². The van der Waals surface area contributed by atoms with Gasteiger partial charge in [0.05, 0.1) is 5.92 Å². The average molecular weight is 345 g/mol. The van der Waals surface area contributed by atoms with Crippen molar-refractivity contribution >= 4 is 11.9 Å². The van der Waals surface area contributed by atoms with Crippen molar-refractivity contribution in [3.8, 4) is 11.4 Å². The molecule has 1 aromatic heterocycles. The maximum absolute atomic E-state index is 12.6. The number of benzene rings is 1. The molecule has 0 fully saturated rings. The van der Waals surface area contributed by atoms with E-state index >= 15 is 0 Å². The van der Waals surface area contributed by atoms with E-state index in [1.165, 1.54) is 4.80 Å². The Labute approximate surface area is 146 Å². The molecule has 3 unspecified atom stereocenters. The van der Waals surface area contributed by atoms with Gasteiger partial charge < -0.3 is 10.4 Å². The highest BCUT2D eigenvalue weighted by atomic mass is 16.4. The lowest BCUT2D eigenvalue weighted by atomic mass is 10.0. The second-order valence-corrected chi connectivity index (χ2v) is 6.41. The monoisotopic (exact) mass is 345 g/mol. The minimum absolute atomic E-state index is 0.0924. The number of carbonyl (C=O) groups is 2. The van der Waals surface area contributed by atoms with E-state index in [-0.39, 0.29) is 11.8 Å². The lowest BCUT2D eigenvalue weighted by Gasteiger charge is -2.23. The number of carboxylic acids is 1. The average Bonchev–Trinajstić information content (AvgIpc) is 3.03. The van der Waals surface area contributed by atoms with E-state index in [9.17, 15) is 9.59 Å². The summed E-state index contributed by atoms with van der Waals surface area (Å²) in [5, 5.41) is 24.2. The molecule has 1 amide bonds. The third-order valence-corrected chi connectivity index (χ3v) is 4.12. The maximum Gasteiger partial charge on any atom is 0.308 e. The van der Waals surface area contributed by atoms with Gasteiger partial charge in [-0.1, -0.05) is 44.2 Å². The van der Waals surface area contributed by atoms with Gasteiger partial charge in [0.1, 0.15) is 0 Å². The molecule has 3 atom stereocenters. The predicted molar refractivity (Wildman–Crippen MR) is 91.5 cm³/mol. The molecular formula is C17H23N5O3. The summed E-state index contributed by atoms with van der Waals surface area (Å²) in [5.74, 6) is -1.64. The van der Waals surface area contributed by atoms with Crippen molar-refractivity contribution in [3.63, 3.8) is 0 Å². The van der Waals surface area contributed by atoms with E-state index in [4.69, 9.17) is 5.11 Å². The Hall–Kier alpha value is -2.77. The summed E-state index contributed by atoms with van der Waals surface area (Å²) in [6.45, 7) is 6.97. The number of hydrogen-bond donors (Lipinski definition) is 2. The van der Waals surface area contributed by atoms with Crippen LogP contribution in [0.25, 0.3) is 11.4 Å². The number of carbonyl (C=O) groups excluding carboxylic acids is 1. The zero-order chi connectivity index (χ0) is 18.6. The van der Waals surface area contributed by atoms with Gasteiger partial charge in [0.25, 0.3) is 0 Å². The van der Waals surface area contributed by atoms with Gasteiger partial charge in [-0.3, -0.25) is 9.59 Å². The van der Waals surface area contributed by atoms with Gasteiger partial charge in [0.15, 0.2) is 6.04 Å². The Bertz CT molecular complexity index is 729. The topological polar surface area (TPSA) is 110 Å². The van der Waals surface area contributed by atoms with Crippen molar-refractivity contribution in [2.75, 3.05) is 0 Å². The van der Waals surface area contributed by atoms with Gasteiger partial charge in [0.2, 0.25) is 11.7 Å². The Morgan fingerprint density at radius 1 is 1.12 bits per heavy atom. The summed E-state index contributed by atoms with van der Waals surface area (Å²) in [4.78, 5) is 25.0. The molecule has 1 heterocycles. The molecule has 0 aliphatic heterocycles. The van der Waals surface area contributed by atoms with Crippen molar-refractivity contribution in [1.82, 2.24) is 25.5 Å². The van der Waals surface area contributed by atoms with E-state index in [1.54, 1.807) is 13.8 Å². The summed E-state index contributed by atoms with van der Waals surface area (Å²) in [7, 11) is 0. The number of hydrogen-bond acceptors (Lipinski definition) is 5. The van der Waals surface area contributed by atoms with Gasteiger partial charge in [-0.15, -0.1) is 10.2 Å². The highest BCUT2D eigenvalue weighted by Gasteiger charge is 2.30. The number of carboxylic acid groups (broad SMARTS) is 1. The van der Waals surface area contributed by atoms with Crippen LogP contribution in [0.2, 0.25) is 0 Å². The number of nitrogens with one attached hydrogen (secondary N) is 1. The summed E-state index contributed by atoms with van der Waals surface area (Å²) >= 11 is 0. The molecule has 0 saturated carbocycles. The first-order valence-corrected chi connectivity index (χ1v) is 8.19. The van der Waals surface area contributed by atoms with E-state index in [1.807, 2.05) is 44.2 Å². The molecular weight excluding hydrogens is 322 g/mol. The van der Waals surface area contributed by atoms with Crippen LogP contribution in [0.15, 0.2) is 30.3 Å². The van der Waals surface area contributed by atoms with Crippen molar-refractivity contribution in [2.24, 2.45) is 11.8 Å². The number of nitrogens with zero attached hydrogens (tertiary/aromatic N) is 4. The van der Waals surface area contributed by atoms with Crippen LogP contribution in [0.3, 0.4) is 0 Å². The smallest absolute Gasteiger partial charge is 0.308 e. The quantitative estimate of drug-likeness (QED) is 0.791. The molecule has 8 nitrogen and oxygen atoms in total. The number of tetrazole rings is 1. The fraction of sp³-hybridized carbons (Fsp3) is 0.471. The highest BCUT2D eigenvalue weighted by Crippen LogP contribution is 2.19. The number of aliphatic carboxylic acids is 1. The highest BCUT2D eigenvalue weighted by molar-refractivity contribution is 5.81. The summed E-state index contributed by atoms with van der Waals surface area (Å²) in [6.07, 6.45) is 0. The molecule has 0 bridgehead atoms. The van der Waals surface area contributed by atoms with Crippen LogP contribution in [0, 0.1) is 11.8 Å². The summed E-state index contributed by atoms with van der Waals surface area (Å²) < 4.78 is 0. The van der Waals surface area contributed by atoms with Gasteiger partial charge in [-0.25, -0.2) is 0 Å². The fourth-order valence-corrected chi connectivity index (χ4v) is 2.37. The van der Waals surface area contributed by atoms with E-state index in [0.717, 1.165) is 5.56 Å². The van der Waals surface area contributed by atoms with Crippen LogP contribution in [-0.4, -0.2) is 43.2 Å². The number of amides is 1. The molecule has 0 aliphatic carbocycles. The molecule has 0 saturated heterocycles. The molecule has 2 N–H and O–H groups in total. The Kier molecular flexibility index (Phi) is 5.84. The number of rotatable bonds is 7. The minimum atomic E-state index is -0.959. The van der Waals surface area contributed by atoms with Gasteiger partial charge in [-0.05, 0) is 25.0 Å². The van der Waals surface area contributed by atoms with Crippen LogP contribution in [-0.2, 0) is 9.59 Å². The lowest BCUT2D eigenvalue weighted by Crippen LogP contribution is -2.45. The van der Waals surface area contributed by atoms with Gasteiger partial charge >= 0.3 is 5.97 Å². The first kappa shape index (κ1) is 18.6. The van der Waals surface area contributed by atoms with Crippen LogP contribution in [0.5, 0.6) is 0 Å². The minimum Gasteiger partial charge on any atom is -0.481 e. The Morgan fingerprint density at radius 3 is 2.32 bits per heavy atom. The first-order valence-electron chi connectivity index (χ1n) is 8.19. The first-order chi connectivity index (χ1) is 11.8. The second-order valence-electron chi connectivity index (χ2n) is 6.41. The van der Waals surface area contributed by atoms with Crippen LogP contribution < -0.4 is 5.32 Å². The second kappa shape index (κ2) is 7.87. The zero-order valence-electron chi connectivity index (χ0n) is 14.7. The molecule has 25 heavy (non-hydrogen) atoms. The lowest BCUT2D eigenvalue weighted by molar-refractivity contribution is -0.142. The van der Waals surface area contributed by atoms with E-state index in [0.29, 0.717) is 5.82 Å². The zero-order valence-corrected chi connectivity index (χ0v) is 14.7. The summed E-state index contributed by atoms with van der Waals surface area (Å²) in [5.41, 5.74) is 0.810. The molecule has 134 valence electrons. The Morgan fingerprint density at radius 2 is 1.76 bits per heavy atom. The van der Waals surface area contributed by atoms with E-state index in [2.05, 4.69) is 20.7 Å². The van der Waals surface area contributed by atoms with Gasteiger partial charge in [0, 0.05) is 11.6 Å². The molecule has 1 aromatic carbocycles. The molecule has 8 heteroatoms. The third-order valence-electron chi connectivity index (χ3n) is 4.12. The molecule has 2 rings (SSSR count). The SMILES string of the molecule is CC(C)C(C(=O)NC(C)C(C)C(=O)O)n1nnc(-c2ccccc2)n1. The van der Waals surface area contributed by atoms with E-state index < -0.39 is 24.0 Å². The summed E-state index contributed by atoms with van der Waals surface area (Å²) in [6, 6.07) is 8.18. The van der Waals surface area contributed by atoms with Crippen LogP contribution in [0.4, 0.5) is 0 Å². The predicted octanol–water partition coefficient (Wildman–Crippen LogP) is 1.76. The maximum atomic E-state index is 12.6. The number of aromatic nitrogens is 4. The largest absolute Gasteiger partial charge is 0.481 e. The molecule has 0 spiro atoms. The standard InChI is InChI=1S/C17H23N5O3/c1-10(2)14(16(23)18-12(4)11(3)17(24)25)22-20-15(19-21-22)13-8-6-5-7-9-13/h5-12,14H,1-4H3,(H,18,23)(H,24,25). The van der Waals surface area contributed by atoms with Crippen LogP contribution >= 0.6 is 0 Å². The van der Waals surface area contributed by atoms with Crippen molar-refractivity contribution in [2.45, 2.75) is 39.8 Å². The fourth-order valence-electron chi connectivity index (χ4n) is 2.37. The normalized spacial score (nSPS) is 14.8.